The minimum atomic E-state index is 0.667. The quantitative estimate of drug-likeness (QED) is 0.706. The van der Waals surface area contributed by atoms with Gasteiger partial charge in [-0.2, -0.15) is 5.10 Å². The minimum absolute atomic E-state index is 0.667. The second-order valence-corrected chi connectivity index (χ2v) is 3.61. The molecule has 1 heterocycles. The van der Waals surface area contributed by atoms with Crippen molar-refractivity contribution in [2.75, 3.05) is 0 Å². The summed E-state index contributed by atoms with van der Waals surface area (Å²) in [4.78, 5) is 0. The Labute approximate surface area is 72.6 Å². The monoisotopic (exact) mass is 165 g/mol. The average Bonchev–Trinajstić information content (AvgIpc) is 2.80. The molecule has 2 rings (SSSR count). The summed E-state index contributed by atoms with van der Waals surface area (Å²) in [6.45, 7) is 3.20. The van der Waals surface area contributed by atoms with Gasteiger partial charge in [0.2, 0.25) is 0 Å². The fraction of sp³-hybridized carbons (Fsp3) is 0.667. The van der Waals surface area contributed by atoms with E-state index < -0.39 is 0 Å². The Bertz CT molecular complexity index is 226. The summed E-state index contributed by atoms with van der Waals surface area (Å²) in [5.74, 6) is 0.928. The highest BCUT2D eigenvalue weighted by atomic mass is 15.1. The van der Waals surface area contributed by atoms with Crippen molar-refractivity contribution in [2.24, 2.45) is 5.92 Å². The van der Waals surface area contributed by atoms with E-state index in [9.17, 15) is 0 Å². The van der Waals surface area contributed by atoms with Crippen molar-refractivity contribution in [2.45, 2.75) is 32.4 Å². The first-order valence-electron chi connectivity index (χ1n) is 4.57. The van der Waals surface area contributed by atoms with Crippen LogP contribution in [0.1, 0.15) is 25.3 Å². The predicted octanol–water partition coefficient (Wildman–Crippen LogP) is 1.30. The van der Waals surface area contributed by atoms with E-state index in [1.54, 1.807) is 0 Å². The third-order valence-corrected chi connectivity index (χ3v) is 2.51. The molecule has 1 aromatic heterocycles. The molecule has 1 aromatic rings. The Morgan fingerprint density at radius 1 is 1.75 bits per heavy atom. The van der Waals surface area contributed by atoms with Gasteiger partial charge < -0.3 is 5.32 Å². The molecule has 1 saturated carbocycles. The molecule has 12 heavy (non-hydrogen) atoms. The van der Waals surface area contributed by atoms with Gasteiger partial charge in [-0.05, 0) is 25.7 Å². The standard InChI is InChI=1S/C9H15N3/c1-7(9-2-3-9)10-4-8-5-11-12-6-8/h5-7,9-10H,2-4H2,1H3,(H,11,12). The number of aromatic nitrogens is 2. The van der Waals surface area contributed by atoms with Gasteiger partial charge in [-0.3, -0.25) is 5.10 Å². The summed E-state index contributed by atoms with van der Waals surface area (Å²) in [6.07, 6.45) is 6.61. The van der Waals surface area contributed by atoms with Gasteiger partial charge in [0.1, 0.15) is 0 Å². The molecule has 1 fully saturated rings. The Morgan fingerprint density at radius 3 is 3.17 bits per heavy atom. The Kier molecular flexibility index (Phi) is 2.13. The molecule has 0 aliphatic heterocycles. The van der Waals surface area contributed by atoms with E-state index in [1.807, 2.05) is 12.4 Å². The number of nitrogens with one attached hydrogen (secondary N) is 2. The van der Waals surface area contributed by atoms with Crippen LogP contribution in [-0.2, 0) is 6.54 Å². The predicted molar refractivity (Wildman–Crippen MR) is 47.6 cm³/mol. The lowest BCUT2D eigenvalue weighted by Gasteiger charge is -2.10. The molecular formula is C9H15N3. The first kappa shape index (κ1) is 7.80. The van der Waals surface area contributed by atoms with Crippen LogP contribution in [0.15, 0.2) is 12.4 Å². The van der Waals surface area contributed by atoms with Gasteiger partial charge in [0.25, 0.3) is 0 Å². The van der Waals surface area contributed by atoms with E-state index in [-0.39, 0.29) is 0 Å². The van der Waals surface area contributed by atoms with Crippen LogP contribution in [0.25, 0.3) is 0 Å². The Hall–Kier alpha value is -0.830. The smallest absolute Gasteiger partial charge is 0.0532 e. The molecule has 0 aromatic carbocycles. The van der Waals surface area contributed by atoms with E-state index >= 15 is 0 Å². The van der Waals surface area contributed by atoms with Crippen LogP contribution < -0.4 is 5.32 Å². The van der Waals surface area contributed by atoms with Crippen LogP contribution >= 0.6 is 0 Å². The molecule has 0 spiro atoms. The van der Waals surface area contributed by atoms with Gasteiger partial charge in [0.05, 0.1) is 6.20 Å². The van der Waals surface area contributed by atoms with Crippen molar-refractivity contribution in [3.63, 3.8) is 0 Å². The maximum absolute atomic E-state index is 3.90. The summed E-state index contributed by atoms with van der Waals surface area (Å²) in [5.41, 5.74) is 1.24. The summed E-state index contributed by atoms with van der Waals surface area (Å²) in [7, 11) is 0. The number of nitrogens with zero attached hydrogens (tertiary/aromatic N) is 1. The largest absolute Gasteiger partial charge is 0.310 e. The van der Waals surface area contributed by atoms with Crippen molar-refractivity contribution in [3.05, 3.63) is 18.0 Å². The lowest BCUT2D eigenvalue weighted by Crippen LogP contribution is -2.26. The average molecular weight is 165 g/mol. The fourth-order valence-corrected chi connectivity index (χ4v) is 1.42. The molecule has 0 bridgehead atoms. The first-order chi connectivity index (χ1) is 5.86. The van der Waals surface area contributed by atoms with E-state index in [0.717, 1.165) is 12.5 Å². The molecule has 66 valence electrons. The van der Waals surface area contributed by atoms with E-state index in [4.69, 9.17) is 0 Å². The highest BCUT2D eigenvalue weighted by molar-refractivity contribution is 5.02. The number of H-pyrrole nitrogens is 1. The van der Waals surface area contributed by atoms with Gasteiger partial charge in [-0.1, -0.05) is 0 Å². The fourth-order valence-electron chi connectivity index (χ4n) is 1.42. The molecule has 1 unspecified atom stereocenters. The molecule has 0 radical (unpaired) electrons. The highest BCUT2D eigenvalue weighted by Crippen LogP contribution is 2.32. The van der Waals surface area contributed by atoms with Crippen molar-refractivity contribution < 1.29 is 0 Å². The molecule has 2 N–H and O–H groups in total. The lowest BCUT2D eigenvalue weighted by atomic mass is 10.2. The third kappa shape index (κ3) is 1.85. The topological polar surface area (TPSA) is 40.7 Å². The number of aromatic amines is 1. The molecule has 1 aliphatic rings. The molecule has 3 heteroatoms. The number of rotatable bonds is 4. The van der Waals surface area contributed by atoms with Gasteiger partial charge in [0.15, 0.2) is 0 Å². The van der Waals surface area contributed by atoms with Crippen molar-refractivity contribution in [1.82, 2.24) is 15.5 Å². The zero-order valence-electron chi connectivity index (χ0n) is 7.38. The maximum Gasteiger partial charge on any atom is 0.0532 e. The SMILES string of the molecule is CC(NCc1cn[nH]c1)C1CC1. The Balaban J connectivity index is 1.74. The lowest BCUT2D eigenvalue weighted by molar-refractivity contribution is 0.496. The van der Waals surface area contributed by atoms with Crippen LogP contribution in [0.5, 0.6) is 0 Å². The summed E-state index contributed by atoms with van der Waals surface area (Å²) in [6, 6.07) is 0.667. The van der Waals surface area contributed by atoms with Gasteiger partial charge in [0, 0.05) is 24.3 Å². The zero-order chi connectivity index (χ0) is 8.39. The van der Waals surface area contributed by atoms with Crippen molar-refractivity contribution in [3.8, 4) is 0 Å². The molecule has 0 amide bonds. The minimum Gasteiger partial charge on any atom is -0.310 e. The number of hydrogen-bond donors (Lipinski definition) is 2. The van der Waals surface area contributed by atoms with Crippen molar-refractivity contribution in [1.29, 1.82) is 0 Å². The van der Waals surface area contributed by atoms with E-state index in [0.29, 0.717) is 6.04 Å². The molecular weight excluding hydrogens is 150 g/mol. The first-order valence-corrected chi connectivity index (χ1v) is 4.57. The highest BCUT2D eigenvalue weighted by Gasteiger charge is 2.27. The van der Waals surface area contributed by atoms with E-state index in [2.05, 4.69) is 22.4 Å². The summed E-state index contributed by atoms with van der Waals surface area (Å²) in [5, 5.41) is 10.2. The normalized spacial score (nSPS) is 19.4. The molecule has 1 aliphatic carbocycles. The van der Waals surface area contributed by atoms with Crippen LogP contribution in [0.2, 0.25) is 0 Å². The zero-order valence-corrected chi connectivity index (χ0v) is 7.38. The number of hydrogen-bond acceptors (Lipinski definition) is 2. The van der Waals surface area contributed by atoms with Gasteiger partial charge >= 0.3 is 0 Å². The second kappa shape index (κ2) is 3.27. The summed E-state index contributed by atoms with van der Waals surface area (Å²) >= 11 is 0. The third-order valence-electron chi connectivity index (χ3n) is 2.51. The summed E-state index contributed by atoms with van der Waals surface area (Å²) < 4.78 is 0. The van der Waals surface area contributed by atoms with Gasteiger partial charge in [-0.25, -0.2) is 0 Å². The Morgan fingerprint density at radius 2 is 2.58 bits per heavy atom. The van der Waals surface area contributed by atoms with Crippen molar-refractivity contribution >= 4 is 0 Å². The van der Waals surface area contributed by atoms with E-state index in [1.165, 1.54) is 18.4 Å². The van der Waals surface area contributed by atoms with Crippen LogP contribution in [0.4, 0.5) is 0 Å². The van der Waals surface area contributed by atoms with Crippen LogP contribution in [0.3, 0.4) is 0 Å². The molecule has 0 saturated heterocycles. The van der Waals surface area contributed by atoms with Crippen LogP contribution in [-0.4, -0.2) is 16.2 Å². The second-order valence-electron chi connectivity index (χ2n) is 3.61. The maximum atomic E-state index is 3.90. The van der Waals surface area contributed by atoms with Gasteiger partial charge in [-0.15, -0.1) is 0 Å². The molecule has 1 atom stereocenters. The molecule has 3 nitrogen and oxygen atoms in total. The van der Waals surface area contributed by atoms with Crippen LogP contribution in [0, 0.1) is 5.92 Å².